The molecule has 3 aliphatic rings. The van der Waals surface area contributed by atoms with Crippen LogP contribution < -0.4 is 19.7 Å². The molecule has 8 nitrogen and oxygen atoms in total. The molecule has 0 aromatic heterocycles. The van der Waals surface area contributed by atoms with E-state index in [-0.39, 0.29) is 11.6 Å². The molecule has 4 amide bonds. The predicted molar refractivity (Wildman–Crippen MR) is 112 cm³/mol. The van der Waals surface area contributed by atoms with Gasteiger partial charge in [0.05, 0.1) is 19.9 Å². The standard InChI is InChI=1S/C22H27N3O5/c1-29-18-13-17(24-9-5-6-10-24)19(30-2)12-14(18)11-16-20(26)23-22(28)25(21(16)27)15-7-3-4-8-15/h11-13,15H,3-10H2,1-2H3,(H,23,26,28)/b16-11+. The largest absolute Gasteiger partial charge is 0.496 e. The SMILES string of the molecule is COc1cc(N2CCCC2)c(OC)cc1/C=C1\C(=O)NC(=O)N(C2CCCC2)C1=O. The lowest BCUT2D eigenvalue weighted by atomic mass is 10.0. The molecule has 1 aromatic rings. The van der Waals surface area contributed by atoms with E-state index in [0.29, 0.717) is 17.1 Å². The molecule has 1 saturated carbocycles. The molecule has 30 heavy (non-hydrogen) atoms. The zero-order valence-corrected chi connectivity index (χ0v) is 17.4. The molecule has 4 rings (SSSR count). The van der Waals surface area contributed by atoms with E-state index in [1.807, 2.05) is 6.07 Å². The maximum absolute atomic E-state index is 13.1. The first-order chi connectivity index (χ1) is 14.5. The molecule has 1 aromatic carbocycles. The van der Waals surface area contributed by atoms with Crippen molar-refractivity contribution < 1.29 is 23.9 Å². The van der Waals surface area contributed by atoms with Gasteiger partial charge in [-0.1, -0.05) is 12.8 Å². The summed E-state index contributed by atoms with van der Waals surface area (Å²) in [5.41, 5.74) is 1.41. The van der Waals surface area contributed by atoms with Gasteiger partial charge in [-0.2, -0.15) is 0 Å². The van der Waals surface area contributed by atoms with Crippen molar-refractivity contribution in [1.29, 1.82) is 0 Å². The van der Waals surface area contributed by atoms with E-state index in [1.54, 1.807) is 20.3 Å². The van der Waals surface area contributed by atoms with Crippen molar-refractivity contribution in [3.63, 3.8) is 0 Å². The Bertz CT molecular complexity index is 898. The Kier molecular flexibility index (Phi) is 5.65. The minimum Gasteiger partial charge on any atom is -0.496 e. The molecule has 0 atom stereocenters. The van der Waals surface area contributed by atoms with Crippen LogP contribution in [0.3, 0.4) is 0 Å². The van der Waals surface area contributed by atoms with E-state index in [2.05, 4.69) is 10.2 Å². The number of anilines is 1. The smallest absolute Gasteiger partial charge is 0.331 e. The Labute approximate surface area is 175 Å². The molecule has 1 N–H and O–H groups in total. The Morgan fingerprint density at radius 3 is 2.27 bits per heavy atom. The molecule has 0 bridgehead atoms. The number of benzene rings is 1. The molecular weight excluding hydrogens is 386 g/mol. The maximum Gasteiger partial charge on any atom is 0.331 e. The van der Waals surface area contributed by atoms with Gasteiger partial charge in [0, 0.05) is 30.8 Å². The number of rotatable bonds is 5. The molecule has 160 valence electrons. The van der Waals surface area contributed by atoms with Crippen LogP contribution in [0.5, 0.6) is 11.5 Å². The molecule has 2 heterocycles. The average molecular weight is 413 g/mol. The van der Waals surface area contributed by atoms with Crippen LogP contribution in [0.15, 0.2) is 17.7 Å². The van der Waals surface area contributed by atoms with Gasteiger partial charge in [-0.3, -0.25) is 19.8 Å². The highest BCUT2D eigenvalue weighted by Crippen LogP contribution is 2.38. The van der Waals surface area contributed by atoms with Crippen LogP contribution in [0.2, 0.25) is 0 Å². The average Bonchev–Trinajstić information content (AvgIpc) is 3.45. The normalized spacial score (nSPS) is 21.5. The highest BCUT2D eigenvalue weighted by Gasteiger charge is 2.40. The lowest BCUT2D eigenvalue weighted by molar-refractivity contribution is -0.131. The summed E-state index contributed by atoms with van der Waals surface area (Å²) < 4.78 is 11.1. The van der Waals surface area contributed by atoms with Gasteiger partial charge in [0.15, 0.2) is 0 Å². The van der Waals surface area contributed by atoms with Gasteiger partial charge in [-0.15, -0.1) is 0 Å². The third kappa shape index (κ3) is 3.62. The zero-order valence-electron chi connectivity index (χ0n) is 17.4. The fraction of sp³-hybridized carbons (Fsp3) is 0.500. The first-order valence-electron chi connectivity index (χ1n) is 10.4. The second-order valence-corrected chi connectivity index (χ2v) is 7.89. The number of barbiturate groups is 1. The summed E-state index contributed by atoms with van der Waals surface area (Å²) >= 11 is 0. The van der Waals surface area contributed by atoms with Crippen molar-refractivity contribution in [1.82, 2.24) is 10.2 Å². The Morgan fingerprint density at radius 1 is 0.967 bits per heavy atom. The molecule has 3 fully saturated rings. The van der Waals surface area contributed by atoms with Gasteiger partial charge in [-0.25, -0.2) is 4.79 Å². The first kappa shape index (κ1) is 20.3. The molecule has 2 aliphatic heterocycles. The molecule has 1 aliphatic carbocycles. The maximum atomic E-state index is 13.1. The highest BCUT2D eigenvalue weighted by atomic mass is 16.5. The fourth-order valence-electron chi connectivity index (χ4n) is 4.54. The second-order valence-electron chi connectivity index (χ2n) is 7.89. The number of carbonyl (C=O) groups is 3. The fourth-order valence-corrected chi connectivity index (χ4v) is 4.54. The van der Waals surface area contributed by atoms with Crippen LogP contribution in [0, 0.1) is 0 Å². The van der Waals surface area contributed by atoms with Crippen LogP contribution >= 0.6 is 0 Å². The summed E-state index contributed by atoms with van der Waals surface area (Å²) in [6.07, 6.45) is 7.20. The summed E-state index contributed by atoms with van der Waals surface area (Å²) in [4.78, 5) is 41.3. The highest BCUT2D eigenvalue weighted by molar-refractivity contribution is 6.31. The van der Waals surface area contributed by atoms with E-state index in [1.165, 1.54) is 11.0 Å². The van der Waals surface area contributed by atoms with Crippen molar-refractivity contribution >= 4 is 29.6 Å². The second kappa shape index (κ2) is 8.38. The molecule has 0 unspecified atom stereocenters. The van der Waals surface area contributed by atoms with Crippen molar-refractivity contribution in [2.45, 2.75) is 44.6 Å². The number of amides is 4. The summed E-state index contributed by atoms with van der Waals surface area (Å²) in [5, 5.41) is 2.31. The van der Waals surface area contributed by atoms with Crippen LogP contribution in [-0.4, -0.2) is 56.1 Å². The zero-order chi connectivity index (χ0) is 21.3. The lowest BCUT2D eigenvalue weighted by Gasteiger charge is -2.31. The third-order valence-corrected chi connectivity index (χ3v) is 6.10. The number of urea groups is 1. The van der Waals surface area contributed by atoms with Crippen molar-refractivity contribution in [3.05, 3.63) is 23.3 Å². The van der Waals surface area contributed by atoms with E-state index >= 15 is 0 Å². The molecular formula is C22H27N3O5. The van der Waals surface area contributed by atoms with E-state index in [9.17, 15) is 14.4 Å². The number of carbonyl (C=O) groups excluding carboxylic acids is 3. The number of ether oxygens (including phenoxy) is 2. The van der Waals surface area contributed by atoms with E-state index < -0.39 is 17.8 Å². The Balaban J connectivity index is 1.72. The van der Waals surface area contributed by atoms with Crippen molar-refractivity contribution in [2.75, 3.05) is 32.2 Å². The Morgan fingerprint density at radius 2 is 1.63 bits per heavy atom. The van der Waals surface area contributed by atoms with Crippen LogP contribution in [0.1, 0.15) is 44.1 Å². The lowest BCUT2D eigenvalue weighted by Crippen LogP contribution is -2.57. The van der Waals surface area contributed by atoms with E-state index in [0.717, 1.165) is 57.3 Å². The minimum absolute atomic E-state index is 0.0734. The topological polar surface area (TPSA) is 88.2 Å². The molecule has 8 heteroatoms. The van der Waals surface area contributed by atoms with Gasteiger partial charge in [0.2, 0.25) is 0 Å². The van der Waals surface area contributed by atoms with Gasteiger partial charge >= 0.3 is 6.03 Å². The molecule has 0 radical (unpaired) electrons. The third-order valence-electron chi connectivity index (χ3n) is 6.10. The van der Waals surface area contributed by atoms with Gasteiger partial charge in [-0.05, 0) is 37.8 Å². The molecule has 0 spiro atoms. The van der Waals surface area contributed by atoms with Gasteiger partial charge < -0.3 is 14.4 Å². The van der Waals surface area contributed by atoms with Gasteiger partial charge in [0.25, 0.3) is 11.8 Å². The first-order valence-corrected chi connectivity index (χ1v) is 10.4. The number of hydrogen-bond donors (Lipinski definition) is 1. The summed E-state index contributed by atoms with van der Waals surface area (Å²) in [6, 6.07) is 2.85. The molecule has 2 saturated heterocycles. The summed E-state index contributed by atoms with van der Waals surface area (Å²) in [6.45, 7) is 1.89. The summed E-state index contributed by atoms with van der Waals surface area (Å²) in [7, 11) is 3.14. The van der Waals surface area contributed by atoms with Crippen molar-refractivity contribution in [2.24, 2.45) is 0 Å². The number of nitrogens with one attached hydrogen (secondary N) is 1. The number of methoxy groups -OCH3 is 2. The van der Waals surface area contributed by atoms with Crippen molar-refractivity contribution in [3.8, 4) is 11.5 Å². The minimum atomic E-state index is -0.691. The van der Waals surface area contributed by atoms with Gasteiger partial charge in [0.1, 0.15) is 17.1 Å². The monoisotopic (exact) mass is 413 g/mol. The quantitative estimate of drug-likeness (QED) is 0.590. The van der Waals surface area contributed by atoms with E-state index in [4.69, 9.17) is 9.47 Å². The van der Waals surface area contributed by atoms with Crippen LogP contribution in [-0.2, 0) is 9.59 Å². The van der Waals surface area contributed by atoms with Crippen LogP contribution in [0.4, 0.5) is 10.5 Å². The predicted octanol–water partition coefficient (Wildman–Crippen LogP) is 2.71. The van der Waals surface area contributed by atoms with Crippen LogP contribution in [0.25, 0.3) is 6.08 Å². The Hall–Kier alpha value is -3.03. The number of hydrogen-bond acceptors (Lipinski definition) is 6. The summed E-state index contributed by atoms with van der Waals surface area (Å²) in [5.74, 6) is -0.0590. The number of imide groups is 2. The number of nitrogens with zero attached hydrogens (tertiary/aromatic N) is 2.